The van der Waals surface area contributed by atoms with Gasteiger partial charge in [0.15, 0.2) is 5.82 Å². The van der Waals surface area contributed by atoms with Gasteiger partial charge >= 0.3 is 0 Å². The van der Waals surface area contributed by atoms with Crippen LogP contribution >= 0.6 is 0 Å². The molecule has 0 unspecified atom stereocenters. The molecule has 1 aliphatic heterocycles. The number of phenols is 1. The Balaban J connectivity index is 1.86. The topological polar surface area (TPSA) is 78.0 Å². The zero-order valence-corrected chi connectivity index (χ0v) is 13.0. The highest BCUT2D eigenvalue weighted by Crippen LogP contribution is 2.35. The van der Waals surface area contributed by atoms with E-state index in [1.54, 1.807) is 18.5 Å². The number of nitrogens with zero attached hydrogens (tertiary/aromatic N) is 5. The van der Waals surface area contributed by atoms with Crippen molar-refractivity contribution in [3.63, 3.8) is 0 Å². The van der Waals surface area contributed by atoms with Crippen molar-refractivity contribution in [2.45, 2.75) is 26.4 Å². The van der Waals surface area contributed by atoms with Gasteiger partial charge in [-0.2, -0.15) is 0 Å². The molecule has 7 heteroatoms. The van der Waals surface area contributed by atoms with Crippen LogP contribution in [0, 0.1) is 0 Å². The summed E-state index contributed by atoms with van der Waals surface area (Å²) in [7, 11) is 0. The Hall–Kier alpha value is -2.83. The van der Waals surface area contributed by atoms with Crippen LogP contribution in [0.1, 0.15) is 19.9 Å². The van der Waals surface area contributed by atoms with Crippen LogP contribution in [0.2, 0.25) is 0 Å². The molecule has 118 valence electrons. The first-order valence-corrected chi connectivity index (χ1v) is 7.56. The maximum absolute atomic E-state index is 9.65. The largest absolute Gasteiger partial charge is 0.508 e. The van der Waals surface area contributed by atoms with Crippen LogP contribution in [0.4, 0.5) is 0 Å². The minimum absolute atomic E-state index is 0.184. The number of rotatable bonds is 2. The molecule has 0 saturated heterocycles. The van der Waals surface area contributed by atoms with Crippen molar-refractivity contribution in [2.75, 3.05) is 6.61 Å². The van der Waals surface area contributed by atoms with E-state index in [0.29, 0.717) is 18.9 Å². The lowest BCUT2D eigenvalue weighted by Gasteiger charge is -2.08. The first-order valence-electron chi connectivity index (χ1n) is 7.56. The second kappa shape index (κ2) is 5.12. The quantitative estimate of drug-likeness (QED) is 0.786. The lowest BCUT2D eigenvalue weighted by molar-refractivity contribution is 0.305. The first kappa shape index (κ1) is 13.8. The Labute approximate surface area is 133 Å². The summed E-state index contributed by atoms with van der Waals surface area (Å²) in [6, 6.07) is 5.35. The number of benzene rings is 1. The van der Waals surface area contributed by atoms with Gasteiger partial charge in [-0.1, -0.05) is 0 Å². The van der Waals surface area contributed by atoms with Gasteiger partial charge in [0.05, 0.1) is 12.1 Å². The molecule has 23 heavy (non-hydrogen) atoms. The summed E-state index contributed by atoms with van der Waals surface area (Å²) in [5.74, 6) is 2.39. The molecular weight excluding hydrogens is 294 g/mol. The van der Waals surface area contributed by atoms with Crippen LogP contribution in [0.5, 0.6) is 11.5 Å². The maximum atomic E-state index is 9.65. The lowest BCUT2D eigenvalue weighted by Crippen LogP contribution is -2.04. The number of aromatic hydroxyl groups is 1. The fraction of sp³-hybridized carbons (Fsp3) is 0.312. The third kappa shape index (κ3) is 2.25. The van der Waals surface area contributed by atoms with Crippen LogP contribution < -0.4 is 4.74 Å². The van der Waals surface area contributed by atoms with Gasteiger partial charge in [-0.15, -0.1) is 10.2 Å². The van der Waals surface area contributed by atoms with E-state index in [1.807, 2.05) is 16.8 Å². The third-order valence-corrected chi connectivity index (χ3v) is 3.93. The molecule has 0 fully saturated rings. The molecule has 7 nitrogen and oxygen atoms in total. The van der Waals surface area contributed by atoms with Crippen LogP contribution in [-0.2, 0) is 6.54 Å². The second-order valence-corrected chi connectivity index (χ2v) is 5.83. The highest BCUT2D eigenvalue weighted by atomic mass is 16.5. The molecule has 0 radical (unpaired) electrons. The molecular formula is C16H17N5O2. The summed E-state index contributed by atoms with van der Waals surface area (Å²) < 4.78 is 9.76. The van der Waals surface area contributed by atoms with Gasteiger partial charge in [0.1, 0.15) is 36.0 Å². The number of phenolic OH excluding ortho intramolecular Hbond substituents is 1. The molecule has 1 aromatic carbocycles. The molecule has 2 aromatic heterocycles. The molecule has 0 saturated carbocycles. The monoisotopic (exact) mass is 311 g/mol. The molecule has 0 spiro atoms. The van der Waals surface area contributed by atoms with E-state index in [-0.39, 0.29) is 11.8 Å². The molecule has 3 aromatic rings. The van der Waals surface area contributed by atoms with Gasteiger partial charge in [-0.25, -0.2) is 4.98 Å². The van der Waals surface area contributed by atoms with Gasteiger partial charge in [-0.3, -0.25) is 0 Å². The van der Waals surface area contributed by atoms with Crippen LogP contribution in [-0.4, -0.2) is 36.0 Å². The molecule has 1 aliphatic rings. The SMILES string of the molecule is CC(C)n1cnnc1-c1cn2c(n1)-c1ccc(O)cc1OCC2. The fourth-order valence-corrected chi connectivity index (χ4v) is 2.78. The number of hydrogen-bond donors (Lipinski definition) is 1. The minimum atomic E-state index is 0.184. The predicted molar refractivity (Wildman–Crippen MR) is 84.2 cm³/mol. The van der Waals surface area contributed by atoms with Crippen molar-refractivity contribution in [3.05, 3.63) is 30.7 Å². The molecule has 0 atom stereocenters. The standard InChI is InChI=1S/C16H17N5O2/c1-10(2)21-9-17-19-16(21)13-8-20-5-6-23-14-7-11(22)3-4-12(14)15(20)18-13/h3-4,7-10,22H,5-6H2,1-2H3. The summed E-state index contributed by atoms with van der Waals surface area (Å²) in [5.41, 5.74) is 1.65. The minimum Gasteiger partial charge on any atom is -0.508 e. The van der Waals surface area contributed by atoms with E-state index in [9.17, 15) is 5.11 Å². The Morgan fingerprint density at radius 1 is 1.26 bits per heavy atom. The van der Waals surface area contributed by atoms with E-state index in [2.05, 4.69) is 28.6 Å². The summed E-state index contributed by atoms with van der Waals surface area (Å²) in [6.45, 7) is 5.38. The van der Waals surface area contributed by atoms with Crippen molar-refractivity contribution in [1.29, 1.82) is 0 Å². The maximum Gasteiger partial charge on any atom is 0.184 e. The van der Waals surface area contributed by atoms with Crippen molar-refractivity contribution >= 4 is 0 Å². The summed E-state index contributed by atoms with van der Waals surface area (Å²) >= 11 is 0. The fourth-order valence-electron chi connectivity index (χ4n) is 2.78. The predicted octanol–water partition coefficient (Wildman–Crippen LogP) is 2.49. The molecule has 3 heterocycles. The van der Waals surface area contributed by atoms with Crippen molar-refractivity contribution in [1.82, 2.24) is 24.3 Å². The van der Waals surface area contributed by atoms with E-state index >= 15 is 0 Å². The Morgan fingerprint density at radius 2 is 2.13 bits per heavy atom. The number of ether oxygens (including phenoxy) is 1. The zero-order chi connectivity index (χ0) is 16.0. The summed E-state index contributed by atoms with van der Waals surface area (Å²) in [5, 5.41) is 17.9. The van der Waals surface area contributed by atoms with Crippen molar-refractivity contribution < 1.29 is 9.84 Å². The van der Waals surface area contributed by atoms with Gasteiger partial charge in [0.25, 0.3) is 0 Å². The van der Waals surface area contributed by atoms with Crippen molar-refractivity contribution in [2.24, 2.45) is 0 Å². The molecule has 0 bridgehead atoms. The van der Waals surface area contributed by atoms with Gasteiger partial charge in [0.2, 0.25) is 0 Å². The second-order valence-electron chi connectivity index (χ2n) is 5.83. The van der Waals surface area contributed by atoms with Crippen LogP contribution in [0.15, 0.2) is 30.7 Å². The van der Waals surface area contributed by atoms with Crippen molar-refractivity contribution in [3.8, 4) is 34.4 Å². The van der Waals surface area contributed by atoms with E-state index < -0.39 is 0 Å². The van der Waals surface area contributed by atoms with Gasteiger partial charge < -0.3 is 19.0 Å². The molecule has 0 amide bonds. The van der Waals surface area contributed by atoms with Gasteiger partial charge in [-0.05, 0) is 26.0 Å². The Morgan fingerprint density at radius 3 is 2.96 bits per heavy atom. The van der Waals surface area contributed by atoms with Crippen LogP contribution in [0.3, 0.4) is 0 Å². The zero-order valence-electron chi connectivity index (χ0n) is 13.0. The number of fused-ring (bicyclic) bond motifs is 3. The molecule has 0 aliphatic carbocycles. The highest BCUT2D eigenvalue weighted by Gasteiger charge is 2.21. The molecule has 4 rings (SSSR count). The highest BCUT2D eigenvalue weighted by molar-refractivity contribution is 5.69. The van der Waals surface area contributed by atoms with E-state index in [4.69, 9.17) is 9.72 Å². The van der Waals surface area contributed by atoms with Crippen LogP contribution in [0.25, 0.3) is 22.9 Å². The third-order valence-electron chi connectivity index (χ3n) is 3.93. The first-order chi connectivity index (χ1) is 11.1. The number of imidazole rings is 1. The Bertz CT molecular complexity index is 865. The summed E-state index contributed by atoms with van der Waals surface area (Å²) in [4.78, 5) is 4.75. The average molecular weight is 311 g/mol. The van der Waals surface area contributed by atoms with Gasteiger partial charge in [0, 0.05) is 18.3 Å². The molecule has 1 N–H and O–H groups in total. The Kier molecular flexibility index (Phi) is 3.07. The normalized spacial score (nSPS) is 13.3. The summed E-state index contributed by atoms with van der Waals surface area (Å²) in [6.07, 6.45) is 3.70. The lowest BCUT2D eigenvalue weighted by atomic mass is 10.2. The number of aromatic nitrogens is 5. The van der Waals surface area contributed by atoms with E-state index in [1.165, 1.54) is 0 Å². The average Bonchev–Trinajstić information content (AvgIpc) is 3.11. The smallest absolute Gasteiger partial charge is 0.184 e. The number of hydrogen-bond acceptors (Lipinski definition) is 5. The van der Waals surface area contributed by atoms with E-state index in [0.717, 1.165) is 22.9 Å².